The molecule has 0 N–H and O–H groups in total. The van der Waals surface area contributed by atoms with E-state index in [9.17, 15) is 4.57 Å². The van der Waals surface area contributed by atoms with Crippen molar-refractivity contribution in [3.8, 4) is 0 Å². The number of unbranched alkanes of at least 4 members (excludes halogenated alkanes) is 5. The van der Waals surface area contributed by atoms with Crippen LogP contribution in [0.1, 0.15) is 51.9 Å². The van der Waals surface area contributed by atoms with Crippen LogP contribution in [0.25, 0.3) is 0 Å². The molecule has 15 heavy (non-hydrogen) atoms. The van der Waals surface area contributed by atoms with Gasteiger partial charge in [0, 0.05) is 6.16 Å². The summed E-state index contributed by atoms with van der Waals surface area (Å²) >= 11 is 0. The molecule has 0 aromatic carbocycles. The minimum absolute atomic E-state index is 0.674. The maximum atomic E-state index is 11.8. The molecule has 1 unspecified atom stereocenters. The summed E-state index contributed by atoms with van der Waals surface area (Å²) in [5, 5.41) is 0. The normalized spacial score (nSPS) is 24.9. The van der Waals surface area contributed by atoms with Crippen LogP contribution in [-0.2, 0) is 9.09 Å². The number of allylic oxidation sites excluding steroid dienone is 1. The predicted octanol–water partition coefficient (Wildman–Crippen LogP) is 4.56. The Morgan fingerprint density at radius 2 is 1.93 bits per heavy atom. The Morgan fingerprint density at radius 1 is 1.20 bits per heavy atom. The van der Waals surface area contributed by atoms with E-state index in [1.807, 2.05) is 6.08 Å². The highest BCUT2D eigenvalue weighted by molar-refractivity contribution is 7.62. The average Bonchev–Trinajstić information content (AvgIpc) is 2.64. The molecule has 88 valence electrons. The van der Waals surface area contributed by atoms with Crippen molar-refractivity contribution >= 4 is 7.37 Å². The average molecular weight is 230 g/mol. The van der Waals surface area contributed by atoms with Crippen LogP contribution in [0.3, 0.4) is 0 Å². The van der Waals surface area contributed by atoms with Crippen molar-refractivity contribution in [1.82, 2.24) is 0 Å². The lowest BCUT2D eigenvalue weighted by atomic mass is 10.1. The second kappa shape index (κ2) is 7.24. The molecule has 1 aliphatic rings. The summed E-state index contributed by atoms with van der Waals surface area (Å²) in [5.41, 5.74) is 0. The van der Waals surface area contributed by atoms with Gasteiger partial charge in [-0.05, 0) is 18.7 Å². The lowest BCUT2D eigenvalue weighted by Crippen LogP contribution is -1.92. The van der Waals surface area contributed by atoms with Crippen LogP contribution < -0.4 is 0 Å². The molecule has 1 heterocycles. The van der Waals surface area contributed by atoms with Crippen LogP contribution >= 0.6 is 7.37 Å². The van der Waals surface area contributed by atoms with E-state index < -0.39 is 7.37 Å². The van der Waals surface area contributed by atoms with Gasteiger partial charge in [0.2, 0.25) is 7.37 Å². The second-order valence-corrected chi connectivity index (χ2v) is 6.68. The van der Waals surface area contributed by atoms with Gasteiger partial charge in [-0.2, -0.15) is 0 Å². The predicted molar refractivity (Wildman–Crippen MR) is 65.6 cm³/mol. The fourth-order valence-corrected chi connectivity index (χ4v) is 3.55. The molecule has 3 heteroatoms. The number of rotatable bonds is 8. The summed E-state index contributed by atoms with van der Waals surface area (Å²) in [5.74, 6) is 1.78. The highest BCUT2D eigenvalue weighted by Gasteiger charge is 2.21. The molecule has 0 bridgehead atoms. The standard InChI is InChI=1S/C12H23O2P/c1-2-3-4-5-6-7-10-14-15(13)11-8-9-12-15/h8,11H,2-7,9-10,12H2,1H3. The molecule has 0 saturated heterocycles. The van der Waals surface area contributed by atoms with Crippen molar-refractivity contribution in [3.05, 3.63) is 11.9 Å². The molecular weight excluding hydrogens is 207 g/mol. The first-order chi connectivity index (χ1) is 7.27. The summed E-state index contributed by atoms with van der Waals surface area (Å²) in [6, 6.07) is 0. The van der Waals surface area contributed by atoms with Gasteiger partial charge in [0.05, 0.1) is 6.61 Å². The molecule has 0 amide bonds. The lowest BCUT2D eigenvalue weighted by molar-refractivity contribution is 0.308. The van der Waals surface area contributed by atoms with Gasteiger partial charge < -0.3 is 4.52 Å². The van der Waals surface area contributed by atoms with E-state index in [0.29, 0.717) is 6.61 Å². The zero-order chi connectivity index (χ0) is 11.0. The molecule has 1 atom stereocenters. The van der Waals surface area contributed by atoms with Crippen molar-refractivity contribution < 1.29 is 9.09 Å². The van der Waals surface area contributed by atoms with Gasteiger partial charge in [-0.1, -0.05) is 45.1 Å². The van der Waals surface area contributed by atoms with Gasteiger partial charge in [-0.15, -0.1) is 0 Å². The van der Waals surface area contributed by atoms with E-state index >= 15 is 0 Å². The molecule has 2 nitrogen and oxygen atoms in total. The Morgan fingerprint density at radius 3 is 2.60 bits per heavy atom. The topological polar surface area (TPSA) is 26.3 Å². The third-order valence-electron chi connectivity index (χ3n) is 2.75. The van der Waals surface area contributed by atoms with Gasteiger partial charge in [0.1, 0.15) is 0 Å². The Balaban J connectivity index is 1.93. The zero-order valence-corrected chi connectivity index (χ0v) is 10.7. The molecule has 0 saturated carbocycles. The molecule has 0 radical (unpaired) electrons. The summed E-state index contributed by atoms with van der Waals surface area (Å²) in [6.07, 6.45) is 11.1. The maximum Gasteiger partial charge on any atom is 0.225 e. The molecule has 1 rings (SSSR count). The van der Waals surface area contributed by atoms with E-state index in [2.05, 4.69) is 6.92 Å². The molecule has 0 aromatic heterocycles. The lowest BCUT2D eigenvalue weighted by Gasteiger charge is -2.10. The molecular formula is C12H23O2P. The number of hydrogen-bond donors (Lipinski definition) is 0. The summed E-state index contributed by atoms with van der Waals surface area (Å²) < 4.78 is 17.3. The Hall–Kier alpha value is -0.0700. The van der Waals surface area contributed by atoms with E-state index in [0.717, 1.165) is 19.0 Å². The highest BCUT2D eigenvalue weighted by atomic mass is 31.2. The van der Waals surface area contributed by atoms with Crippen molar-refractivity contribution in [2.45, 2.75) is 51.9 Å². The zero-order valence-electron chi connectivity index (χ0n) is 9.78. The first kappa shape index (κ1) is 13.0. The van der Waals surface area contributed by atoms with Gasteiger partial charge >= 0.3 is 0 Å². The summed E-state index contributed by atoms with van der Waals surface area (Å²) in [6.45, 7) is 2.90. The van der Waals surface area contributed by atoms with Crippen LogP contribution in [0.4, 0.5) is 0 Å². The Kier molecular flexibility index (Phi) is 6.28. The van der Waals surface area contributed by atoms with Crippen molar-refractivity contribution in [1.29, 1.82) is 0 Å². The first-order valence-corrected chi connectivity index (χ1v) is 8.06. The molecule has 1 aliphatic heterocycles. The van der Waals surface area contributed by atoms with Crippen LogP contribution in [0.5, 0.6) is 0 Å². The highest BCUT2D eigenvalue weighted by Crippen LogP contribution is 2.52. The van der Waals surface area contributed by atoms with Crippen LogP contribution in [0, 0.1) is 0 Å². The Bertz CT molecular complexity index is 236. The quantitative estimate of drug-likeness (QED) is 0.451. The van der Waals surface area contributed by atoms with Crippen molar-refractivity contribution in [3.63, 3.8) is 0 Å². The van der Waals surface area contributed by atoms with E-state index in [-0.39, 0.29) is 0 Å². The van der Waals surface area contributed by atoms with Crippen molar-refractivity contribution in [2.75, 3.05) is 12.8 Å². The minimum atomic E-state index is -2.31. The fourth-order valence-electron chi connectivity index (χ4n) is 1.77. The third-order valence-corrected chi connectivity index (χ3v) is 4.91. The van der Waals surface area contributed by atoms with Gasteiger partial charge in [0.15, 0.2) is 0 Å². The van der Waals surface area contributed by atoms with Gasteiger partial charge in [-0.25, -0.2) is 0 Å². The van der Waals surface area contributed by atoms with Gasteiger partial charge in [0.25, 0.3) is 0 Å². The Labute approximate surface area is 93.5 Å². The third kappa shape index (κ3) is 5.53. The van der Waals surface area contributed by atoms with E-state index in [1.165, 1.54) is 32.1 Å². The van der Waals surface area contributed by atoms with E-state index in [4.69, 9.17) is 4.52 Å². The van der Waals surface area contributed by atoms with Crippen LogP contribution in [0.2, 0.25) is 0 Å². The first-order valence-electron chi connectivity index (χ1n) is 6.18. The van der Waals surface area contributed by atoms with E-state index in [1.54, 1.807) is 5.82 Å². The fraction of sp³-hybridized carbons (Fsp3) is 0.833. The molecule has 0 aliphatic carbocycles. The molecule has 0 fully saturated rings. The summed E-state index contributed by atoms with van der Waals surface area (Å²) in [7, 11) is -2.31. The van der Waals surface area contributed by atoms with Gasteiger partial charge in [-0.3, -0.25) is 4.57 Å². The smallest absolute Gasteiger partial charge is 0.225 e. The maximum absolute atomic E-state index is 11.8. The second-order valence-electron chi connectivity index (χ2n) is 4.22. The summed E-state index contributed by atoms with van der Waals surface area (Å²) in [4.78, 5) is 0. The SMILES string of the molecule is CCCCCCCCOP1(=O)C=CCC1. The van der Waals surface area contributed by atoms with Crippen LogP contribution in [-0.4, -0.2) is 12.8 Å². The monoisotopic (exact) mass is 230 g/mol. The molecule has 0 spiro atoms. The van der Waals surface area contributed by atoms with Crippen LogP contribution in [0.15, 0.2) is 11.9 Å². The van der Waals surface area contributed by atoms with Crippen molar-refractivity contribution in [2.24, 2.45) is 0 Å². The minimum Gasteiger partial charge on any atom is -0.326 e. The molecule has 0 aromatic rings. The number of hydrogen-bond acceptors (Lipinski definition) is 2. The largest absolute Gasteiger partial charge is 0.326 e.